The Balaban J connectivity index is 2.18. The van der Waals surface area contributed by atoms with Crippen molar-refractivity contribution in [3.63, 3.8) is 0 Å². The molecule has 0 aromatic rings. The van der Waals surface area contributed by atoms with Crippen LogP contribution in [0.25, 0.3) is 0 Å². The number of hydrogen-bond acceptors (Lipinski definition) is 2. The van der Waals surface area contributed by atoms with Crippen molar-refractivity contribution < 1.29 is 17.9 Å². The Hall–Kier alpha value is -0.290. The molecule has 0 radical (unpaired) electrons. The maximum atomic E-state index is 12.3. The Labute approximate surface area is 101 Å². The molecule has 0 spiro atoms. The van der Waals surface area contributed by atoms with Crippen molar-refractivity contribution >= 4 is 0 Å². The average Bonchev–Trinajstić information content (AvgIpc) is 2.68. The van der Waals surface area contributed by atoms with Crippen molar-refractivity contribution in [2.24, 2.45) is 0 Å². The first-order valence-electron chi connectivity index (χ1n) is 6.43. The molecule has 0 aliphatic carbocycles. The Morgan fingerprint density at radius 3 is 2.71 bits per heavy atom. The molecule has 1 rings (SSSR count). The van der Waals surface area contributed by atoms with Crippen LogP contribution in [-0.2, 0) is 4.74 Å². The Bertz CT molecular complexity index is 202. The molecule has 1 fully saturated rings. The molecule has 0 aromatic carbocycles. The van der Waals surface area contributed by atoms with E-state index in [1.54, 1.807) is 0 Å². The predicted octanol–water partition coefficient (Wildman–Crippen LogP) is 3.27. The third-order valence-electron chi connectivity index (χ3n) is 3.07. The summed E-state index contributed by atoms with van der Waals surface area (Å²) in [6.07, 6.45) is -0.105. The van der Waals surface area contributed by atoms with E-state index in [-0.39, 0.29) is 6.10 Å². The van der Waals surface area contributed by atoms with Gasteiger partial charge in [-0.15, -0.1) is 0 Å². The quantitative estimate of drug-likeness (QED) is 0.752. The molecule has 1 saturated heterocycles. The van der Waals surface area contributed by atoms with E-state index in [1.807, 2.05) is 6.92 Å². The van der Waals surface area contributed by atoms with Crippen molar-refractivity contribution in [3.05, 3.63) is 0 Å². The van der Waals surface area contributed by atoms with E-state index in [4.69, 9.17) is 4.74 Å². The molecule has 1 heterocycles. The van der Waals surface area contributed by atoms with Crippen molar-refractivity contribution in [1.82, 2.24) is 5.32 Å². The Kier molecular flexibility index (Phi) is 6.27. The van der Waals surface area contributed by atoms with E-state index < -0.39 is 18.6 Å². The van der Waals surface area contributed by atoms with Gasteiger partial charge in [0.2, 0.25) is 0 Å². The van der Waals surface area contributed by atoms with Crippen LogP contribution in [0.2, 0.25) is 0 Å². The monoisotopic (exact) mass is 253 g/mol. The molecule has 0 amide bonds. The molecule has 0 saturated carbocycles. The molecule has 0 aromatic heterocycles. The van der Waals surface area contributed by atoms with E-state index in [1.165, 1.54) is 0 Å². The summed E-state index contributed by atoms with van der Waals surface area (Å²) in [7, 11) is 0. The summed E-state index contributed by atoms with van der Waals surface area (Å²) < 4.78 is 42.3. The van der Waals surface area contributed by atoms with Gasteiger partial charge in [-0.25, -0.2) is 0 Å². The van der Waals surface area contributed by atoms with Gasteiger partial charge < -0.3 is 10.1 Å². The van der Waals surface area contributed by atoms with Crippen LogP contribution in [0.3, 0.4) is 0 Å². The second-order valence-electron chi connectivity index (χ2n) is 4.64. The summed E-state index contributed by atoms with van der Waals surface area (Å²) in [4.78, 5) is 0. The molecule has 1 aliphatic heterocycles. The summed E-state index contributed by atoms with van der Waals surface area (Å²) in [5.74, 6) is 0. The first kappa shape index (κ1) is 14.8. The SMILES string of the molecule is CCNC(CCCC1CCCO1)CC(F)(F)F. The van der Waals surface area contributed by atoms with Gasteiger partial charge >= 0.3 is 6.18 Å². The predicted molar refractivity (Wildman–Crippen MR) is 61.0 cm³/mol. The minimum absolute atomic E-state index is 0.281. The zero-order valence-corrected chi connectivity index (χ0v) is 10.4. The van der Waals surface area contributed by atoms with Crippen molar-refractivity contribution in [2.75, 3.05) is 13.2 Å². The molecule has 0 bridgehead atoms. The van der Waals surface area contributed by atoms with Gasteiger partial charge in [0.1, 0.15) is 0 Å². The molecular formula is C12H22F3NO. The minimum atomic E-state index is -4.07. The largest absolute Gasteiger partial charge is 0.390 e. The number of rotatable bonds is 7. The standard InChI is InChI=1S/C12H22F3NO/c1-2-16-10(9-12(13,14)15)5-3-6-11-7-4-8-17-11/h10-11,16H,2-9H2,1H3. The lowest BCUT2D eigenvalue weighted by Gasteiger charge is -2.20. The van der Waals surface area contributed by atoms with Crippen LogP contribution in [0.1, 0.15) is 45.4 Å². The van der Waals surface area contributed by atoms with Gasteiger partial charge in [-0.3, -0.25) is 0 Å². The van der Waals surface area contributed by atoms with Crippen LogP contribution in [-0.4, -0.2) is 31.5 Å². The number of hydrogen-bond donors (Lipinski definition) is 1. The second kappa shape index (κ2) is 7.21. The van der Waals surface area contributed by atoms with Gasteiger partial charge in [-0.1, -0.05) is 6.92 Å². The Morgan fingerprint density at radius 1 is 1.41 bits per heavy atom. The first-order chi connectivity index (χ1) is 8.01. The Morgan fingerprint density at radius 2 is 2.18 bits per heavy atom. The number of halogens is 3. The summed E-state index contributed by atoms with van der Waals surface area (Å²) in [6.45, 7) is 3.23. The fourth-order valence-corrected chi connectivity index (χ4v) is 2.31. The lowest BCUT2D eigenvalue weighted by atomic mass is 10.0. The van der Waals surface area contributed by atoms with Gasteiger partial charge in [0.05, 0.1) is 12.5 Å². The van der Waals surface area contributed by atoms with Gasteiger partial charge in [-0.2, -0.15) is 13.2 Å². The fourth-order valence-electron chi connectivity index (χ4n) is 2.31. The van der Waals surface area contributed by atoms with Gasteiger partial charge in [0, 0.05) is 12.6 Å². The fraction of sp³-hybridized carbons (Fsp3) is 1.00. The van der Waals surface area contributed by atoms with Crippen LogP contribution in [0, 0.1) is 0 Å². The average molecular weight is 253 g/mol. The third-order valence-corrected chi connectivity index (χ3v) is 3.07. The van der Waals surface area contributed by atoms with Crippen molar-refractivity contribution in [1.29, 1.82) is 0 Å². The molecule has 1 N–H and O–H groups in total. The van der Waals surface area contributed by atoms with E-state index in [0.29, 0.717) is 13.0 Å². The van der Waals surface area contributed by atoms with Crippen molar-refractivity contribution in [2.45, 2.75) is 63.8 Å². The zero-order valence-electron chi connectivity index (χ0n) is 10.4. The summed E-state index contributed by atoms with van der Waals surface area (Å²) in [5.41, 5.74) is 0. The number of alkyl halides is 3. The van der Waals surface area contributed by atoms with Crippen molar-refractivity contribution in [3.8, 4) is 0 Å². The maximum absolute atomic E-state index is 12.3. The van der Waals surface area contributed by atoms with Gasteiger partial charge in [0.15, 0.2) is 0 Å². The highest BCUT2D eigenvalue weighted by Crippen LogP contribution is 2.24. The van der Waals surface area contributed by atoms with E-state index in [0.717, 1.165) is 32.3 Å². The maximum Gasteiger partial charge on any atom is 0.390 e. The molecule has 2 nitrogen and oxygen atoms in total. The van der Waals surface area contributed by atoms with Gasteiger partial charge in [0.25, 0.3) is 0 Å². The van der Waals surface area contributed by atoms with E-state index in [9.17, 15) is 13.2 Å². The number of ether oxygens (including phenoxy) is 1. The zero-order chi connectivity index (χ0) is 12.7. The lowest BCUT2D eigenvalue weighted by Crippen LogP contribution is -2.33. The van der Waals surface area contributed by atoms with Crippen LogP contribution in [0.15, 0.2) is 0 Å². The molecule has 102 valence electrons. The van der Waals surface area contributed by atoms with E-state index in [2.05, 4.69) is 5.32 Å². The highest BCUT2D eigenvalue weighted by atomic mass is 19.4. The first-order valence-corrected chi connectivity index (χ1v) is 6.43. The smallest absolute Gasteiger partial charge is 0.378 e. The minimum Gasteiger partial charge on any atom is -0.378 e. The molecule has 5 heteroatoms. The highest BCUT2D eigenvalue weighted by Gasteiger charge is 2.31. The summed E-state index contributed by atoms with van der Waals surface area (Å²) in [5, 5.41) is 2.90. The molecule has 17 heavy (non-hydrogen) atoms. The number of nitrogens with one attached hydrogen (secondary N) is 1. The lowest BCUT2D eigenvalue weighted by molar-refractivity contribution is -0.140. The third kappa shape index (κ3) is 6.88. The second-order valence-corrected chi connectivity index (χ2v) is 4.64. The van der Waals surface area contributed by atoms with Crippen LogP contribution < -0.4 is 5.32 Å². The van der Waals surface area contributed by atoms with Crippen LogP contribution in [0.5, 0.6) is 0 Å². The molecular weight excluding hydrogens is 231 g/mol. The topological polar surface area (TPSA) is 21.3 Å². The normalized spacial score (nSPS) is 22.9. The highest BCUT2D eigenvalue weighted by molar-refractivity contribution is 4.72. The van der Waals surface area contributed by atoms with E-state index >= 15 is 0 Å². The molecule has 1 aliphatic rings. The van der Waals surface area contributed by atoms with Crippen LogP contribution in [0.4, 0.5) is 13.2 Å². The summed E-state index contributed by atoms with van der Waals surface area (Å²) in [6, 6.07) is -0.443. The van der Waals surface area contributed by atoms with Gasteiger partial charge in [-0.05, 0) is 38.6 Å². The molecule has 2 atom stereocenters. The molecule has 2 unspecified atom stereocenters. The summed E-state index contributed by atoms with van der Waals surface area (Å²) >= 11 is 0. The van der Waals surface area contributed by atoms with Crippen LogP contribution >= 0.6 is 0 Å².